The summed E-state index contributed by atoms with van der Waals surface area (Å²) in [5.74, 6) is 0.896. The van der Waals surface area contributed by atoms with Gasteiger partial charge < -0.3 is 15.2 Å². The van der Waals surface area contributed by atoms with Crippen molar-refractivity contribution in [2.75, 3.05) is 23.4 Å². The number of hydrogen-bond acceptors (Lipinski definition) is 4. The summed E-state index contributed by atoms with van der Waals surface area (Å²) in [5, 5.41) is 11.6. The summed E-state index contributed by atoms with van der Waals surface area (Å²) < 4.78 is 5.54. The van der Waals surface area contributed by atoms with E-state index in [1.165, 1.54) is 12.1 Å². The number of carbonyl (C=O) groups is 2. The van der Waals surface area contributed by atoms with Gasteiger partial charge >= 0.3 is 5.97 Å². The van der Waals surface area contributed by atoms with Crippen molar-refractivity contribution in [2.24, 2.45) is 0 Å². The Hall–Kier alpha value is -2.47. The first-order valence-corrected chi connectivity index (χ1v) is 8.69. The Morgan fingerprint density at radius 2 is 1.75 bits per heavy atom. The molecule has 5 nitrogen and oxygen atoms in total. The van der Waals surface area contributed by atoms with Crippen molar-refractivity contribution in [1.82, 2.24) is 0 Å². The predicted molar refractivity (Wildman–Crippen MR) is 95.9 cm³/mol. The lowest BCUT2D eigenvalue weighted by Gasteiger charge is -2.07. The molecular formula is C18H19NO4S. The van der Waals surface area contributed by atoms with Gasteiger partial charge in [0.2, 0.25) is 5.91 Å². The second-order valence-electron chi connectivity index (χ2n) is 5.00. The van der Waals surface area contributed by atoms with Crippen LogP contribution in [0, 0.1) is 0 Å². The summed E-state index contributed by atoms with van der Waals surface area (Å²) in [7, 11) is 0. The molecule has 0 heterocycles. The van der Waals surface area contributed by atoms with Crippen LogP contribution in [0.15, 0.2) is 54.6 Å². The van der Waals surface area contributed by atoms with E-state index in [1.807, 2.05) is 30.3 Å². The summed E-state index contributed by atoms with van der Waals surface area (Å²) >= 11 is 1.55. The molecule has 126 valence electrons. The van der Waals surface area contributed by atoms with Crippen LogP contribution in [0.25, 0.3) is 0 Å². The normalized spacial score (nSPS) is 10.2. The quantitative estimate of drug-likeness (QED) is 0.680. The molecule has 24 heavy (non-hydrogen) atoms. The van der Waals surface area contributed by atoms with Crippen LogP contribution in [0.1, 0.15) is 16.8 Å². The maximum absolute atomic E-state index is 11.7. The van der Waals surface area contributed by atoms with Crippen molar-refractivity contribution < 1.29 is 19.4 Å². The summed E-state index contributed by atoms with van der Waals surface area (Å²) in [6.07, 6.45) is 0.809. The second kappa shape index (κ2) is 9.62. The summed E-state index contributed by atoms with van der Waals surface area (Å²) in [6, 6.07) is 15.7. The zero-order valence-corrected chi connectivity index (χ0v) is 13.9. The van der Waals surface area contributed by atoms with Gasteiger partial charge in [-0.1, -0.05) is 18.2 Å². The van der Waals surface area contributed by atoms with Gasteiger partial charge in [-0.3, -0.25) is 4.79 Å². The zero-order chi connectivity index (χ0) is 17.2. The highest BCUT2D eigenvalue weighted by Gasteiger charge is 2.03. The number of thioether (sulfide) groups is 1. The van der Waals surface area contributed by atoms with Gasteiger partial charge in [0.05, 0.1) is 17.9 Å². The van der Waals surface area contributed by atoms with Crippen molar-refractivity contribution in [3.8, 4) is 5.75 Å². The van der Waals surface area contributed by atoms with Crippen LogP contribution in [0.2, 0.25) is 0 Å². The largest absolute Gasteiger partial charge is 0.494 e. The zero-order valence-electron chi connectivity index (χ0n) is 13.1. The molecule has 0 saturated carbocycles. The van der Waals surface area contributed by atoms with E-state index >= 15 is 0 Å². The van der Waals surface area contributed by atoms with Crippen LogP contribution < -0.4 is 10.1 Å². The molecule has 0 unspecified atom stereocenters. The summed E-state index contributed by atoms with van der Waals surface area (Å²) in [5.41, 5.74) is 1.04. The van der Waals surface area contributed by atoms with E-state index < -0.39 is 5.97 Å². The molecule has 0 aliphatic rings. The van der Waals surface area contributed by atoms with Crippen molar-refractivity contribution in [1.29, 1.82) is 0 Å². The van der Waals surface area contributed by atoms with Crippen LogP contribution in [-0.4, -0.2) is 35.1 Å². The number of hydrogen-bond donors (Lipinski definition) is 2. The van der Waals surface area contributed by atoms with Crippen molar-refractivity contribution in [3.05, 3.63) is 60.2 Å². The van der Waals surface area contributed by atoms with Crippen LogP contribution in [0.3, 0.4) is 0 Å². The fourth-order valence-corrected chi connectivity index (χ4v) is 2.65. The highest BCUT2D eigenvalue weighted by atomic mass is 32.2. The number of nitrogens with one attached hydrogen (secondary N) is 1. The molecule has 6 heteroatoms. The van der Waals surface area contributed by atoms with Crippen LogP contribution in [0.5, 0.6) is 5.75 Å². The Bertz CT molecular complexity index is 658. The number of aromatic carboxylic acids is 1. The number of carbonyl (C=O) groups excluding carboxylic acids is 1. The van der Waals surface area contributed by atoms with E-state index in [4.69, 9.17) is 9.84 Å². The number of para-hydroxylation sites is 1. The third-order valence-corrected chi connectivity index (χ3v) is 4.14. The van der Waals surface area contributed by atoms with Crippen LogP contribution >= 0.6 is 11.8 Å². The number of ether oxygens (including phenoxy) is 1. The Labute approximate surface area is 145 Å². The van der Waals surface area contributed by atoms with Crippen molar-refractivity contribution in [2.45, 2.75) is 6.42 Å². The highest BCUT2D eigenvalue weighted by molar-refractivity contribution is 7.99. The number of carboxylic acid groups (broad SMARTS) is 1. The van der Waals surface area contributed by atoms with Crippen molar-refractivity contribution in [3.63, 3.8) is 0 Å². The Morgan fingerprint density at radius 3 is 2.42 bits per heavy atom. The van der Waals surface area contributed by atoms with Crippen molar-refractivity contribution >= 4 is 29.3 Å². The average Bonchev–Trinajstić information content (AvgIpc) is 2.59. The lowest BCUT2D eigenvalue weighted by molar-refractivity contribution is -0.113. The third-order valence-electron chi connectivity index (χ3n) is 3.09. The Balaban J connectivity index is 1.56. The van der Waals surface area contributed by atoms with Gasteiger partial charge in [-0.15, -0.1) is 0 Å². The maximum atomic E-state index is 11.7. The Kier molecular flexibility index (Phi) is 7.17. The first kappa shape index (κ1) is 17.9. The fraction of sp³-hybridized carbons (Fsp3) is 0.222. The molecule has 0 bridgehead atoms. The molecule has 2 aromatic rings. The molecule has 0 fully saturated rings. The van der Waals surface area contributed by atoms with Crippen LogP contribution in [0.4, 0.5) is 5.69 Å². The van der Waals surface area contributed by atoms with E-state index in [1.54, 1.807) is 23.9 Å². The van der Waals surface area contributed by atoms with Gasteiger partial charge in [-0.25, -0.2) is 4.79 Å². The molecule has 0 aliphatic heterocycles. The van der Waals surface area contributed by atoms with Gasteiger partial charge in [-0.05, 0) is 48.6 Å². The topological polar surface area (TPSA) is 75.6 Å². The molecular weight excluding hydrogens is 326 g/mol. The van der Waals surface area contributed by atoms with E-state index in [0.29, 0.717) is 18.1 Å². The minimum Gasteiger partial charge on any atom is -0.494 e. The molecule has 0 atom stereocenters. The summed E-state index contributed by atoms with van der Waals surface area (Å²) in [4.78, 5) is 22.5. The van der Waals surface area contributed by atoms with Gasteiger partial charge in [0.15, 0.2) is 0 Å². The van der Waals surface area contributed by atoms with E-state index in [0.717, 1.165) is 17.9 Å². The van der Waals surface area contributed by atoms with Gasteiger partial charge in [0.1, 0.15) is 5.75 Å². The van der Waals surface area contributed by atoms with E-state index in [2.05, 4.69) is 5.32 Å². The molecule has 2 N–H and O–H groups in total. The lowest BCUT2D eigenvalue weighted by Crippen LogP contribution is -2.14. The maximum Gasteiger partial charge on any atom is 0.335 e. The number of carboxylic acids is 1. The fourth-order valence-electron chi connectivity index (χ4n) is 1.93. The molecule has 0 spiro atoms. The molecule has 2 aromatic carbocycles. The first-order valence-electron chi connectivity index (χ1n) is 7.54. The molecule has 0 radical (unpaired) electrons. The Morgan fingerprint density at radius 1 is 1.04 bits per heavy atom. The van der Waals surface area contributed by atoms with E-state index in [-0.39, 0.29) is 11.5 Å². The molecule has 0 aromatic heterocycles. The van der Waals surface area contributed by atoms with Gasteiger partial charge in [-0.2, -0.15) is 11.8 Å². The number of amides is 1. The second-order valence-corrected chi connectivity index (χ2v) is 6.10. The minimum absolute atomic E-state index is 0.0172. The minimum atomic E-state index is -0.952. The molecule has 2 rings (SSSR count). The number of anilines is 1. The number of benzene rings is 2. The molecule has 0 saturated heterocycles. The predicted octanol–water partition coefficient (Wildman–Crippen LogP) is 3.53. The SMILES string of the molecule is O=C(CSCCCOc1ccc(C(=O)O)cc1)Nc1ccccc1. The molecule has 0 aliphatic carbocycles. The van der Waals surface area contributed by atoms with E-state index in [9.17, 15) is 9.59 Å². The lowest BCUT2D eigenvalue weighted by atomic mass is 10.2. The third kappa shape index (κ3) is 6.34. The highest BCUT2D eigenvalue weighted by Crippen LogP contribution is 2.13. The number of rotatable bonds is 9. The van der Waals surface area contributed by atoms with Gasteiger partial charge in [0.25, 0.3) is 0 Å². The standard InChI is InChI=1S/C18H19NO4S/c20-17(19-15-5-2-1-3-6-15)13-24-12-4-11-23-16-9-7-14(8-10-16)18(21)22/h1-3,5-10H,4,11-13H2,(H,19,20)(H,21,22). The van der Waals surface area contributed by atoms with Gasteiger partial charge in [0, 0.05) is 5.69 Å². The average molecular weight is 345 g/mol. The first-order chi connectivity index (χ1) is 11.6. The van der Waals surface area contributed by atoms with Crippen LogP contribution in [-0.2, 0) is 4.79 Å². The smallest absolute Gasteiger partial charge is 0.335 e. The summed E-state index contributed by atoms with van der Waals surface area (Å²) in [6.45, 7) is 0.528. The molecule has 1 amide bonds. The monoisotopic (exact) mass is 345 g/mol.